The second kappa shape index (κ2) is 5.76. The van der Waals surface area contributed by atoms with Gasteiger partial charge in [0, 0.05) is 42.1 Å². The Kier molecular flexibility index (Phi) is 3.82. The predicted molar refractivity (Wildman–Crippen MR) is 80.7 cm³/mol. The molecule has 3 aromatic rings. The topological polar surface area (TPSA) is 35.0 Å². The van der Waals surface area contributed by atoms with Gasteiger partial charge in [-0.1, -0.05) is 17.7 Å². The van der Waals surface area contributed by atoms with Crippen molar-refractivity contribution in [3.63, 3.8) is 0 Å². The van der Waals surface area contributed by atoms with Gasteiger partial charge in [-0.2, -0.15) is 0 Å². The van der Waals surface area contributed by atoms with E-state index < -0.39 is 0 Å². The van der Waals surface area contributed by atoms with E-state index in [0.29, 0.717) is 28.3 Å². The molecule has 3 rings (SSSR count). The molecule has 2 heterocycles. The van der Waals surface area contributed by atoms with Gasteiger partial charge in [-0.05, 0) is 18.2 Å². The fourth-order valence-corrected chi connectivity index (χ4v) is 2.38. The Balaban J connectivity index is 2.11. The van der Waals surface area contributed by atoms with Crippen LogP contribution in [0.15, 0.2) is 42.7 Å². The van der Waals surface area contributed by atoms with E-state index >= 15 is 0 Å². The van der Waals surface area contributed by atoms with E-state index in [-0.39, 0.29) is 5.82 Å². The van der Waals surface area contributed by atoms with Gasteiger partial charge in [0.1, 0.15) is 5.82 Å². The first-order chi connectivity index (χ1) is 10.2. The molecule has 0 amide bonds. The Bertz CT molecular complexity index is 790. The molecular weight excluding hydrogens is 291 g/mol. The number of benzene rings is 1. The van der Waals surface area contributed by atoms with E-state index in [1.165, 1.54) is 6.07 Å². The van der Waals surface area contributed by atoms with E-state index in [9.17, 15) is 4.39 Å². The van der Waals surface area contributed by atoms with E-state index in [1.54, 1.807) is 31.6 Å². The zero-order chi connectivity index (χ0) is 14.8. The molecule has 2 aromatic heterocycles. The molecule has 0 N–H and O–H groups in total. The van der Waals surface area contributed by atoms with Gasteiger partial charge in [0.25, 0.3) is 0 Å². The zero-order valence-electron chi connectivity index (χ0n) is 11.3. The number of rotatable bonds is 3. The predicted octanol–water partition coefficient (Wildman–Crippen LogP) is 4.24. The first-order valence-corrected chi connectivity index (χ1v) is 6.75. The lowest BCUT2D eigenvalue weighted by Crippen LogP contribution is -1.93. The summed E-state index contributed by atoms with van der Waals surface area (Å²) in [5, 5.41) is 1.27. The van der Waals surface area contributed by atoms with Gasteiger partial charge in [0.05, 0.1) is 22.8 Å². The lowest BCUT2D eigenvalue weighted by molar-refractivity contribution is 0.181. The summed E-state index contributed by atoms with van der Waals surface area (Å²) in [4.78, 5) is 8.37. The third kappa shape index (κ3) is 2.73. The maximum Gasteiger partial charge on any atom is 0.133 e. The minimum absolute atomic E-state index is 0.349. The van der Waals surface area contributed by atoms with Crippen molar-refractivity contribution in [1.82, 2.24) is 9.97 Å². The van der Waals surface area contributed by atoms with Crippen LogP contribution in [0.4, 0.5) is 4.39 Å². The number of fused-ring (bicyclic) bond motifs is 1. The van der Waals surface area contributed by atoms with Crippen LogP contribution < -0.4 is 0 Å². The van der Waals surface area contributed by atoms with Crippen molar-refractivity contribution in [3.05, 3.63) is 59.3 Å². The Morgan fingerprint density at radius 2 is 2.05 bits per heavy atom. The van der Waals surface area contributed by atoms with Gasteiger partial charge in [0.2, 0.25) is 0 Å². The van der Waals surface area contributed by atoms with E-state index in [0.717, 1.165) is 11.1 Å². The molecule has 0 saturated carbocycles. The van der Waals surface area contributed by atoms with Crippen molar-refractivity contribution in [1.29, 1.82) is 0 Å². The summed E-state index contributed by atoms with van der Waals surface area (Å²) in [6, 6.07) is 8.40. The summed E-state index contributed by atoms with van der Waals surface area (Å²) in [5.41, 5.74) is 2.47. The van der Waals surface area contributed by atoms with Crippen LogP contribution in [0.1, 0.15) is 5.69 Å². The van der Waals surface area contributed by atoms with E-state index in [2.05, 4.69) is 9.97 Å². The molecule has 0 saturated heterocycles. The van der Waals surface area contributed by atoms with Crippen LogP contribution in [0.3, 0.4) is 0 Å². The maximum absolute atomic E-state index is 14.3. The number of hydrogen-bond donors (Lipinski definition) is 0. The molecule has 0 radical (unpaired) electrons. The van der Waals surface area contributed by atoms with Gasteiger partial charge in [-0.15, -0.1) is 0 Å². The average molecular weight is 303 g/mol. The largest absolute Gasteiger partial charge is 0.378 e. The van der Waals surface area contributed by atoms with Crippen molar-refractivity contribution in [2.45, 2.75) is 6.61 Å². The highest BCUT2D eigenvalue weighted by Crippen LogP contribution is 2.30. The molecule has 106 valence electrons. The SMILES string of the molecule is COCc1ccc(-c2cc3c(Cl)ccnc3cc2F)cn1. The molecule has 0 aliphatic heterocycles. The smallest absolute Gasteiger partial charge is 0.133 e. The number of pyridine rings is 2. The standard InChI is InChI=1S/C16H12ClFN2O/c1-21-9-11-3-2-10(8-20-11)12-6-13-14(17)4-5-19-16(13)7-15(12)18/h2-8H,9H2,1H3. The molecule has 21 heavy (non-hydrogen) atoms. The van der Waals surface area contributed by atoms with Crippen molar-refractivity contribution in [2.24, 2.45) is 0 Å². The molecule has 0 unspecified atom stereocenters. The van der Waals surface area contributed by atoms with Crippen LogP contribution in [-0.2, 0) is 11.3 Å². The van der Waals surface area contributed by atoms with Crippen LogP contribution >= 0.6 is 11.6 Å². The lowest BCUT2D eigenvalue weighted by atomic mass is 10.0. The fraction of sp³-hybridized carbons (Fsp3) is 0.125. The second-order valence-corrected chi connectivity index (χ2v) is 5.02. The Morgan fingerprint density at radius 1 is 1.19 bits per heavy atom. The Morgan fingerprint density at radius 3 is 2.76 bits per heavy atom. The number of nitrogens with zero attached hydrogens (tertiary/aromatic N) is 2. The fourth-order valence-electron chi connectivity index (χ4n) is 2.17. The van der Waals surface area contributed by atoms with Crippen molar-refractivity contribution in [2.75, 3.05) is 7.11 Å². The first-order valence-electron chi connectivity index (χ1n) is 6.37. The van der Waals surface area contributed by atoms with Crippen LogP contribution in [-0.4, -0.2) is 17.1 Å². The van der Waals surface area contributed by atoms with Gasteiger partial charge < -0.3 is 4.74 Å². The summed E-state index contributed by atoms with van der Waals surface area (Å²) < 4.78 is 19.3. The summed E-state index contributed by atoms with van der Waals surface area (Å²) in [5.74, 6) is -0.349. The molecule has 3 nitrogen and oxygen atoms in total. The molecule has 5 heteroatoms. The molecule has 0 spiro atoms. The number of halogens is 2. The zero-order valence-corrected chi connectivity index (χ0v) is 12.1. The number of ether oxygens (including phenoxy) is 1. The molecule has 1 aromatic carbocycles. The number of hydrogen-bond acceptors (Lipinski definition) is 3. The highest BCUT2D eigenvalue weighted by Gasteiger charge is 2.10. The third-order valence-electron chi connectivity index (χ3n) is 3.21. The van der Waals surface area contributed by atoms with E-state index in [4.69, 9.17) is 16.3 Å². The van der Waals surface area contributed by atoms with Crippen LogP contribution in [0, 0.1) is 5.82 Å². The molecule has 0 aliphatic rings. The summed E-state index contributed by atoms with van der Waals surface area (Å²) in [6.07, 6.45) is 3.19. The van der Waals surface area contributed by atoms with Gasteiger partial charge in [-0.3, -0.25) is 9.97 Å². The minimum Gasteiger partial charge on any atom is -0.378 e. The third-order valence-corrected chi connectivity index (χ3v) is 3.53. The monoisotopic (exact) mass is 302 g/mol. The molecular formula is C16H12ClFN2O. The highest BCUT2D eigenvalue weighted by molar-refractivity contribution is 6.35. The second-order valence-electron chi connectivity index (χ2n) is 4.61. The summed E-state index contributed by atoms with van der Waals surface area (Å²) >= 11 is 6.14. The van der Waals surface area contributed by atoms with Crippen LogP contribution in [0.5, 0.6) is 0 Å². The van der Waals surface area contributed by atoms with Gasteiger partial charge >= 0.3 is 0 Å². The average Bonchev–Trinajstić information content (AvgIpc) is 2.48. The lowest BCUT2D eigenvalue weighted by Gasteiger charge is -2.07. The molecule has 0 fully saturated rings. The molecule has 0 bridgehead atoms. The summed E-state index contributed by atoms with van der Waals surface area (Å²) in [6.45, 7) is 0.427. The van der Waals surface area contributed by atoms with Crippen molar-refractivity contribution >= 4 is 22.5 Å². The molecule has 0 aliphatic carbocycles. The summed E-state index contributed by atoms with van der Waals surface area (Å²) in [7, 11) is 1.60. The Hall–Kier alpha value is -2.04. The number of aromatic nitrogens is 2. The minimum atomic E-state index is -0.349. The van der Waals surface area contributed by atoms with Crippen LogP contribution in [0.25, 0.3) is 22.0 Å². The number of methoxy groups -OCH3 is 1. The van der Waals surface area contributed by atoms with Gasteiger partial charge in [0.15, 0.2) is 0 Å². The van der Waals surface area contributed by atoms with Crippen molar-refractivity contribution < 1.29 is 9.13 Å². The molecule has 0 atom stereocenters. The highest BCUT2D eigenvalue weighted by atomic mass is 35.5. The van der Waals surface area contributed by atoms with Gasteiger partial charge in [-0.25, -0.2) is 4.39 Å². The van der Waals surface area contributed by atoms with E-state index in [1.807, 2.05) is 12.1 Å². The Labute approximate surface area is 126 Å². The maximum atomic E-state index is 14.3. The first kappa shape index (κ1) is 13.9. The van der Waals surface area contributed by atoms with Crippen molar-refractivity contribution in [3.8, 4) is 11.1 Å². The van der Waals surface area contributed by atoms with Crippen LogP contribution in [0.2, 0.25) is 5.02 Å². The quantitative estimate of drug-likeness (QED) is 0.726. The normalized spacial score (nSPS) is 11.0.